The Hall–Kier alpha value is -3.33. The minimum absolute atomic E-state index is 0.0294. The number of imide groups is 1. The molecule has 1 unspecified atom stereocenters. The highest BCUT2D eigenvalue weighted by molar-refractivity contribution is 6.30. The number of nitrogens with one attached hydrogen (secondary N) is 2. The molecule has 32 heavy (non-hydrogen) atoms. The van der Waals surface area contributed by atoms with Gasteiger partial charge in [0.25, 0.3) is 11.8 Å². The lowest BCUT2D eigenvalue weighted by Crippen LogP contribution is -2.52. The third-order valence-electron chi connectivity index (χ3n) is 4.88. The molecule has 1 saturated heterocycles. The highest BCUT2D eigenvalue weighted by Gasteiger charge is 2.41. The van der Waals surface area contributed by atoms with E-state index < -0.39 is 77.9 Å². The normalized spacial score (nSPS) is 26.5. The van der Waals surface area contributed by atoms with Crippen LogP contribution < -0.4 is 10.6 Å². The standard InChI is InChI=1S/C22H18ClF2N3O4/c23-15-4-2-14(3-5-15)22(24,25)21(32)26-10-12-1-6-16-13(9-12)11-28(20(16)31)17-7-8-18(29)27-19(17)30/h1-6,9,17H,7-8,10-11H2,(H,26,32)(H,27,29,30)/t17-/m0/s1/i7D,10D2,17D/hD2/t7?,17-. The number of hydrogen-bond acceptors (Lipinski definition) is 4. The highest BCUT2D eigenvalue weighted by atomic mass is 35.5. The van der Waals surface area contributed by atoms with Crippen molar-refractivity contribution in [2.45, 2.75) is 37.8 Å². The van der Waals surface area contributed by atoms with Crippen molar-refractivity contribution in [3.63, 3.8) is 0 Å². The molecule has 2 N–H and O–H groups in total. The molecule has 0 bridgehead atoms. The number of carbonyl (C=O) groups excluding carboxylic acids is 4. The summed E-state index contributed by atoms with van der Waals surface area (Å²) in [4.78, 5) is 50.5. The van der Waals surface area contributed by atoms with Crippen LogP contribution in [0.1, 0.15) is 45.3 Å². The molecular weight excluding hydrogens is 444 g/mol. The summed E-state index contributed by atoms with van der Waals surface area (Å²) in [6.45, 7) is -3.61. The Bertz CT molecular complexity index is 1370. The van der Waals surface area contributed by atoms with Crippen LogP contribution in [0.2, 0.25) is 7.85 Å². The Morgan fingerprint density at radius 1 is 1.34 bits per heavy atom. The summed E-state index contributed by atoms with van der Waals surface area (Å²) >= 11 is 5.68. The zero-order valence-corrected chi connectivity index (χ0v) is 16.9. The molecule has 4 rings (SSSR count). The monoisotopic (exact) mass is 467 g/mol. The van der Waals surface area contributed by atoms with Gasteiger partial charge in [0.1, 0.15) is 6.02 Å². The number of carbonyl (C=O) groups is 4. The Labute approximate surface area is 195 Å². The van der Waals surface area contributed by atoms with Crippen molar-refractivity contribution in [2.24, 2.45) is 0 Å². The maximum atomic E-state index is 14.8. The largest absolute Gasteiger partial charge is 0.349 e. The van der Waals surface area contributed by atoms with Crippen LogP contribution in [0.4, 0.5) is 8.78 Å². The van der Waals surface area contributed by atoms with Crippen LogP contribution >= 0.6 is 11.6 Å². The third-order valence-corrected chi connectivity index (χ3v) is 5.13. The van der Waals surface area contributed by atoms with E-state index in [9.17, 15) is 28.0 Å². The Morgan fingerprint density at radius 2 is 2.06 bits per heavy atom. The van der Waals surface area contributed by atoms with E-state index in [1.54, 1.807) is 0 Å². The predicted octanol–water partition coefficient (Wildman–Crippen LogP) is 2.51. The molecule has 0 aromatic heterocycles. The van der Waals surface area contributed by atoms with Gasteiger partial charge in [0, 0.05) is 37.0 Å². The lowest BCUT2D eigenvalue weighted by molar-refractivity contribution is -0.147. The molecule has 4 amide bonds. The summed E-state index contributed by atoms with van der Waals surface area (Å²) < 4.78 is 78.1. The topological polar surface area (TPSA) is 95.6 Å². The second kappa shape index (κ2) is 8.31. The SMILES string of the molecule is [2H]C1CC(=O)N([2H])C(=O)[C@@]1([2H])N1Cc2cc(C([2H])([2H])N([2H])C(=O)C(F)(F)c3ccc(Cl)cc3)ccc2C1=O. The molecule has 10 heteroatoms. The first-order valence-electron chi connectivity index (χ1n) is 12.2. The zero-order chi connectivity index (χ0) is 28.4. The molecule has 2 aromatic carbocycles. The minimum atomic E-state index is -4.27. The van der Waals surface area contributed by atoms with Gasteiger partial charge in [-0.2, -0.15) is 8.78 Å². The van der Waals surface area contributed by atoms with Crippen LogP contribution in [0, 0.1) is 0 Å². The van der Waals surface area contributed by atoms with Gasteiger partial charge in [0.15, 0.2) is 2.82 Å². The smallest absolute Gasteiger partial charge is 0.346 e. The van der Waals surface area contributed by atoms with Gasteiger partial charge in [-0.1, -0.05) is 35.9 Å². The molecule has 2 heterocycles. The van der Waals surface area contributed by atoms with Gasteiger partial charge < -0.3 is 10.2 Å². The third kappa shape index (κ3) is 4.08. The fourth-order valence-corrected chi connectivity index (χ4v) is 3.39. The molecule has 2 aliphatic heterocycles. The van der Waals surface area contributed by atoms with Gasteiger partial charge in [-0.05, 0) is 35.7 Å². The maximum absolute atomic E-state index is 14.8. The van der Waals surface area contributed by atoms with Crippen LogP contribution in [0.15, 0.2) is 42.5 Å². The lowest BCUT2D eigenvalue weighted by Gasteiger charge is -2.29. The molecule has 0 radical (unpaired) electrons. The highest BCUT2D eigenvalue weighted by Crippen LogP contribution is 2.30. The number of halogens is 3. The van der Waals surface area contributed by atoms with E-state index in [0.717, 1.165) is 42.5 Å². The Kier molecular flexibility index (Phi) is 4.02. The first kappa shape index (κ1) is 15.5. The number of nitrogens with zero attached hydrogens (tertiary/aromatic N) is 1. The predicted molar refractivity (Wildman–Crippen MR) is 110 cm³/mol. The van der Waals surface area contributed by atoms with E-state index in [0.29, 0.717) is 4.90 Å². The van der Waals surface area contributed by atoms with Crippen molar-refractivity contribution in [3.8, 4) is 0 Å². The fraction of sp³-hybridized carbons (Fsp3) is 0.273. The number of alkyl halides is 2. The molecule has 0 saturated carbocycles. The van der Waals surface area contributed by atoms with Crippen LogP contribution in [0.3, 0.4) is 0 Å². The molecule has 166 valence electrons. The summed E-state index contributed by atoms with van der Waals surface area (Å²) in [5, 5.41) is -0.472. The Balaban J connectivity index is 1.63. The number of piperidine rings is 1. The number of rotatable bonds is 5. The van der Waals surface area contributed by atoms with Crippen molar-refractivity contribution < 1.29 is 36.3 Å². The van der Waals surface area contributed by atoms with Crippen molar-refractivity contribution in [3.05, 3.63) is 69.7 Å². The number of amides is 4. The second-order valence-corrected chi connectivity index (χ2v) is 7.41. The molecule has 0 aliphatic carbocycles. The quantitative estimate of drug-likeness (QED) is 0.660. The fourth-order valence-electron chi connectivity index (χ4n) is 3.27. The van der Waals surface area contributed by atoms with Gasteiger partial charge in [0.2, 0.25) is 11.8 Å². The van der Waals surface area contributed by atoms with Crippen LogP contribution in [0.5, 0.6) is 0 Å². The van der Waals surface area contributed by atoms with Crippen molar-refractivity contribution in [2.75, 3.05) is 0 Å². The van der Waals surface area contributed by atoms with Gasteiger partial charge >= 0.3 is 5.92 Å². The van der Waals surface area contributed by atoms with Crippen LogP contribution in [-0.4, -0.2) is 34.5 Å². The number of hydrogen-bond donors (Lipinski definition) is 2. The lowest BCUT2D eigenvalue weighted by atomic mass is 10.0. The Morgan fingerprint density at radius 3 is 2.78 bits per heavy atom. The zero-order valence-electron chi connectivity index (χ0n) is 22.1. The van der Waals surface area contributed by atoms with E-state index in [4.69, 9.17) is 19.9 Å². The first-order valence-corrected chi connectivity index (χ1v) is 9.63. The minimum Gasteiger partial charge on any atom is -0.346 e. The van der Waals surface area contributed by atoms with E-state index >= 15 is 0 Å². The van der Waals surface area contributed by atoms with E-state index in [-0.39, 0.29) is 21.5 Å². The van der Waals surface area contributed by atoms with Crippen LogP contribution in [0.25, 0.3) is 0 Å². The van der Waals surface area contributed by atoms with Crippen molar-refractivity contribution >= 4 is 35.2 Å². The number of fused-ring (bicyclic) bond motifs is 1. The summed E-state index contributed by atoms with van der Waals surface area (Å²) in [7, 11) is 0. The van der Waals surface area contributed by atoms with Crippen LogP contribution in [-0.2, 0) is 33.3 Å². The molecule has 1 fully saturated rings. The van der Waals surface area contributed by atoms with Gasteiger partial charge in [-0.15, -0.1) is 0 Å². The van der Waals surface area contributed by atoms with Gasteiger partial charge in [-0.3, -0.25) is 24.5 Å². The second-order valence-electron chi connectivity index (χ2n) is 6.98. The first-order chi connectivity index (χ1) is 17.5. The van der Waals surface area contributed by atoms with E-state index in [1.165, 1.54) is 0 Å². The van der Waals surface area contributed by atoms with E-state index in [1.807, 2.05) is 0 Å². The summed E-state index contributed by atoms with van der Waals surface area (Å²) in [5.41, 5.74) is -1.32. The molecule has 0 spiro atoms. The molecule has 7 nitrogen and oxygen atoms in total. The van der Waals surface area contributed by atoms with Crippen molar-refractivity contribution in [1.82, 2.24) is 15.5 Å². The molecule has 2 aliphatic rings. The molecular formula is C22H18ClF2N3O4. The van der Waals surface area contributed by atoms with E-state index in [2.05, 4.69) is 0 Å². The summed E-state index contributed by atoms with van der Waals surface area (Å²) in [6.07, 6.45) is -2.37. The molecule has 2 aromatic rings. The average molecular weight is 468 g/mol. The summed E-state index contributed by atoms with van der Waals surface area (Å²) in [5.74, 6) is -9.75. The van der Waals surface area contributed by atoms with Gasteiger partial charge in [-0.25, -0.2) is 0 Å². The number of benzene rings is 2. The van der Waals surface area contributed by atoms with Crippen molar-refractivity contribution in [1.29, 1.82) is 0 Å². The summed E-state index contributed by atoms with van der Waals surface area (Å²) in [6, 6.07) is 4.44. The average Bonchev–Trinajstić information content (AvgIpc) is 3.21. The maximum Gasteiger partial charge on any atom is 0.349 e. The van der Waals surface area contributed by atoms with Gasteiger partial charge in [0.05, 0.1) is 4.11 Å². The molecule has 2 atom stereocenters.